The summed E-state index contributed by atoms with van der Waals surface area (Å²) in [4.78, 5) is 0. The lowest BCUT2D eigenvalue weighted by Gasteiger charge is -2.23. The first-order valence-electron chi connectivity index (χ1n) is 4.06. The molecule has 0 saturated carbocycles. The third-order valence-electron chi connectivity index (χ3n) is 2.33. The third kappa shape index (κ3) is 1.75. The molecule has 1 aliphatic heterocycles. The molecular formula is C7H14ClNO2S. The zero-order valence-corrected chi connectivity index (χ0v) is 8.90. The molecule has 72 valence electrons. The molecule has 1 fully saturated rings. The maximum Gasteiger partial charge on any atom is 0.228 e. The first kappa shape index (κ1) is 10.3. The van der Waals surface area contributed by atoms with Crippen molar-refractivity contribution < 1.29 is 8.42 Å². The number of sulfonamides is 1. The Bertz CT molecular complexity index is 242. The Kier molecular flexibility index (Phi) is 3.01. The summed E-state index contributed by atoms with van der Waals surface area (Å²) in [6, 6.07) is 0.229. The van der Waals surface area contributed by atoms with Gasteiger partial charge in [0, 0.05) is 12.1 Å². The van der Waals surface area contributed by atoms with Crippen molar-refractivity contribution in [2.45, 2.75) is 38.8 Å². The lowest BCUT2D eigenvalue weighted by molar-refractivity contribution is 0.352. The van der Waals surface area contributed by atoms with Gasteiger partial charge in [0.1, 0.15) is 5.21 Å². The van der Waals surface area contributed by atoms with Gasteiger partial charge in [-0.25, -0.2) is 8.42 Å². The monoisotopic (exact) mass is 211 g/mol. The molecule has 0 bridgehead atoms. The Balaban J connectivity index is 2.86. The minimum atomic E-state index is -3.20. The second kappa shape index (κ2) is 3.52. The van der Waals surface area contributed by atoms with Crippen LogP contribution in [0.2, 0.25) is 0 Å². The summed E-state index contributed by atoms with van der Waals surface area (Å²) < 4.78 is 24.4. The van der Waals surface area contributed by atoms with Crippen LogP contribution in [0.5, 0.6) is 0 Å². The molecule has 0 spiro atoms. The zero-order valence-electron chi connectivity index (χ0n) is 7.33. The minimum Gasteiger partial charge on any atom is -0.211 e. The van der Waals surface area contributed by atoms with Crippen LogP contribution in [0.1, 0.15) is 26.7 Å². The van der Waals surface area contributed by atoms with Crippen LogP contribution in [0.15, 0.2) is 0 Å². The molecule has 0 aromatic heterocycles. The van der Waals surface area contributed by atoms with E-state index < -0.39 is 10.0 Å². The second-order valence-electron chi connectivity index (χ2n) is 3.33. The molecule has 1 rings (SSSR count). The average molecular weight is 212 g/mol. The van der Waals surface area contributed by atoms with Gasteiger partial charge in [0.2, 0.25) is 10.0 Å². The van der Waals surface area contributed by atoms with Crippen molar-refractivity contribution in [1.29, 1.82) is 0 Å². The first-order chi connectivity index (χ1) is 5.49. The quantitative estimate of drug-likeness (QED) is 0.648. The van der Waals surface area contributed by atoms with Crippen molar-refractivity contribution >= 4 is 21.6 Å². The van der Waals surface area contributed by atoms with Crippen LogP contribution in [0.3, 0.4) is 0 Å². The summed E-state index contributed by atoms with van der Waals surface area (Å²) in [5, 5.41) is -0.304. The molecule has 0 aromatic rings. The van der Waals surface area contributed by atoms with Crippen molar-refractivity contribution in [2.75, 3.05) is 5.21 Å². The van der Waals surface area contributed by atoms with E-state index in [0.717, 1.165) is 12.8 Å². The van der Waals surface area contributed by atoms with Crippen molar-refractivity contribution in [2.24, 2.45) is 0 Å². The number of nitrogens with zero attached hydrogens (tertiary/aromatic N) is 1. The SMILES string of the molecule is CC1CCC(C)N1S(=O)(=O)CCl. The topological polar surface area (TPSA) is 37.4 Å². The van der Waals surface area contributed by atoms with Crippen LogP contribution in [0, 0.1) is 0 Å². The van der Waals surface area contributed by atoms with Crippen molar-refractivity contribution in [3.05, 3.63) is 0 Å². The van der Waals surface area contributed by atoms with E-state index in [-0.39, 0.29) is 17.3 Å². The Morgan fingerprint density at radius 2 is 1.75 bits per heavy atom. The van der Waals surface area contributed by atoms with E-state index in [0.29, 0.717) is 0 Å². The van der Waals surface area contributed by atoms with Gasteiger partial charge in [0.05, 0.1) is 0 Å². The lowest BCUT2D eigenvalue weighted by Crippen LogP contribution is -2.38. The van der Waals surface area contributed by atoms with E-state index in [9.17, 15) is 8.42 Å². The van der Waals surface area contributed by atoms with Crippen molar-refractivity contribution in [3.63, 3.8) is 0 Å². The Morgan fingerprint density at radius 3 is 2.08 bits per heavy atom. The predicted octanol–water partition coefficient (Wildman–Crippen LogP) is 1.39. The van der Waals surface area contributed by atoms with Crippen LogP contribution in [0.4, 0.5) is 0 Å². The van der Waals surface area contributed by atoms with Gasteiger partial charge < -0.3 is 0 Å². The maximum absolute atomic E-state index is 11.4. The lowest BCUT2D eigenvalue weighted by atomic mass is 10.2. The number of alkyl halides is 1. The highest BCUT2D eigenvalue weighted by Gasteiger charge is 2.35. The van der Waals surface area contributed by atoms with Gasteiger partial charge in [0.15, 0.2) is 0 Å². The molecule has 0 N–H and O–H groups in total. The van der Waals surface area contributed by atoms with Crippen molar-refractivity contribution in [1.82, 2.24) is 4.31 Å². The van der Waals surface area contributed by atoms with Gasteiger partial charge in [0.25, 0.3) is 0 Å². The third-order valence-corrected chi connectivity index (χ3v) is 4.80. The largest absolute Gasteiger partial charge is 0.228 e. The van der Waals surface area contributed by atoms with Crippen LogP contribution in [-0.4, -0.2) is 30.0 Å². The molecule has 0 aromatic carbocycles. The normalized spacial score (nSPS) is 32.6. The minimum absolute atomic E-state index is 0.115. The smallest absolute Gasteiger partial charge is 0.211 e. The van der Waals surface area contributed by atoms with Gasteiger partial charge >= 0.3 is 0 Å². The number of hydrogen-bond donors (Lipinski definition) is 0. The molecule has 1 saturated heterocycles. The Morgan fingerprint density at radius 1 is 1.33 bits per heavy atom. The maximum atomic E-state index is 11.4. The Labute approximate surface area is 78.7 Å². The molecule has 2 unspecified atom stereocenters. The highest BCUT2D eigenvalue weighted by atomic mass is 35.5. The molecule has 5 heteroatoms. The number of halogens is 1. The summed E-state index contributed by atoms with van der Waals surface area (Å²) >= 11 is 5.37. The number of hydrogen-bond acceptors (Lipinski definition) is 2. The van der Waals surface area contributed by atoms with Crippen LogP contribution in [-0.2, 0) is 10.0 Å². The number of rotatable bonds is 2. The Hall–Kier alpha value is 0.200. The molecular weight excluding hydrogens is 198 g/mol. The van der Waals surface area contributed by atoms with E-state index >= 15 is 0 Å². The summed E-state index contributed by atoms with van der Waals surface area (Å²) in [6.45, 7) is 3.85. The fraction of sp³-hybridized carbons (Fsp3) is 1.00. The van der Waals surface area contributed by atoms with E-state index in [1.807, 2.05) is 13.8 Å². The summed E-state index contributed by atoms with van der Waals surface area (Å²) in [5.41, 5.74) is 0. The van der Waals surface area contributed by atoms with Crippen molar-refractivity contribution in [3.8, 4) is 0 Å². The van der Waals surface area contributed by atoms with E-state index in [2.05, 4.69) is 0 Å². The highest BCUT2D eigenvalue weighted by Crippen LogP contribution is 2.27. The van der Waals surface area contributed by atoms with Gasteiger partial charge in [-0.3, -0.25) is 0 Å². The summed E-state index contributed by atoms with van der Waals surface area (Å²) in [5.74, 6) is 0. The fourth-order valence-electron chi connectivity index (χ4n) is 1.78. The molecule has 12 heavy (non-hydrogen) atoms. The van der Waals surface area contributed by atoms with E-state index in [1.165, 1.54) is 4.31 Å². The molecule has 0 aliphatic carbocycles. The van der Waals surface area contributed by atoms with Gasteiger partial charge in [-0.1, -0.05) is 0 Å². The highest BCUT2D eigenvalue weighted by molar-refractivity contribution is 7.90. The molecule has 0 radical (unpaired) electrons. The van der Waals surface area contributed by atoms with Crippen LogP contribution < -0.4 is 0 Å². The van der Waals surface area contributed by atoms with Gasteiger partial charge in [-0.2, -0.15) is 4.31 Å². The summed E-state index contributed by atoms with van der Waals surface area (Å²) in [6.07, 6.45) is 1.88. The fourth-order valence-corrected chi connectivity index (χ4v) is 3.53. The van der Waals surface area contributed by atoms with Crippen LogP contribution >= 0.6 is 11.6 Å². The molecule has 3 nitrogen and oxygen atoms in total. The first-order valence-corrected chi connectivity index (χ1v) is 6.20. The molecule has 1 heterocycles. The zero-order chi connectivity index (χ0) is 9.35. The second-order valence-corrected chi connectivity index (χ2v) is 5.78. The van der Waals surface area contributed by atoms with Gasteiger partial charge in [-0.05, 0) is 26.7 Å². The van der Waals surface area contributed by atoms with Crippen LogP contribution in [0.25, 0.3) is 0 Å². The predicted molar refractivity (Wildman–Crippen MR) is 49.6 cm³/mol. The standard InChI is InChI=1S/C7H14ClNO2S/c1-6-3-4-7(2)9(6)12(10,11)5-8/h6-7H,3-5H2,1-2H3. The average Bonchev–Trinajstić information content (AvgIpc) is 2.31. The van der Waals surface area contributed by atoms with Gasteiger partial charge in [-0.15, -0.1) is 11.6 Å². The summed E-state index contributed by atoms with van der Waals surface area (Å²) in [7, 11) is -3.20. The van der Waals surface area contributed by atoms with E-state index in [1.54, 1.807) is 0 Å². The molecule has 0 amide bonds. The molecule has 2 atom stereocenters. The molecule has 1 aliphatic rings. The van der Waals surface area contributed by atoms with E-state index in [4.69, 9.17) is 11.6 Å².